The van der Waals surface area contributed by atoms with Crippen molar-refractivity contribution in [1.29, 1.82) is 0 Å². The molecule has 0 amide bonds. The summed E-state index contributed by atoms with van der Waals surface area (Å²) >= 11 is 0. The van der Waals surface area contributed by atoms with Crippen molar-refractivity contribution in [2.24, 2.45) is 5.73 Å². The van der Waals surface area contributed by atoms with Gasteiger partial charge in [-0.25, -0.2) is 0 Å². The predicted octanol–water partition coefficient (Wildman–Crippen LogP) is 3.92. The van der Waals surface area contributed by atoms with Crippen LogP contribution in [0.25, 0.3) is 0 Å². The minimum Gasteiger partial charge on any atom is -0.490 e. The maximum Gasteiger partial charge on any atom is 0.123 e. The molecular weight excluding hydrogens is 425 g/mol. The normalized spacial score (nSPS) is 12.3. The summed E-state index contributed by atoms with van der Waals surface area (Å²) < 4.78 is 6.12. The molecule has 0 radical (unpaired) electrons. The van der Waals surface area contributed by atoms with Crippen molar-refractivity contribution in [2.45, 2.75) is 12.5 Å². The Hall–Kier alpha value is -2.97. The third kappa shape index (κ3) is 5.34. The Morgan fingerprint density at radius 3 is 1.61 bits per heavy atom. The van der Waals surface area contributed by atoms with Crippen molar-refractivity contribution < 1.29 is 9.84 Å². The fourth-order valence-electron chi connectivity index (χ4n) is 4.37. The third-order valence-corrected chi connectivity index (χ3v) is 10.4. The Morgan fingerprint density at radius 1 is 0.667 bits per heavy atom. The molecular formula is C29H31NO2P+. The van der Waals surface area contributed by atoms with Gasteiger partial charge in [0.05, 0.1) is 0 Å². The highest BCUT2D eigenvalue weighted by molar-refractivity contribution is 7.95. The quantitative estimate of drug-likeness (QED) is 0.356. The van der Waals surface area contributed by atoms with Crippen LogP contribution >= 0.6 is 7.26 Å². The van der Waals surface area contributed by atoms with Crippen LogP contribution in [0.5, 0.6) is 5.75 Å². The van der Waals surface area contributed by atoms with Crippen molar-refractivity contribution in [3.8, 4) is 5.75 Å². The molecule has 168 valence electrons. The number of aliphatic hydroxyl groups excluding tert-OH is 1. The highest BCUT2D eigenvalue weighted by Gasteiger charge is 2.46. The number of benzene rings is 4. The van der Waals surface area contributed by atoms with E-state index >= 15 is 0 Å². The lowest BCUT2D eigenvalue weighted by molar-refractivity contribution is 0.125. The molecule has 1 unspecified atom stereocenters. The second-order valence-corrected chi connectivity index (χ2v) is 11.6. The molecule has 0 heterocycles. The van der Waals surface area contributed by atoms with Gasteiger partial charge in [-0.1, -0.05) is 72.8 Å². The van der Waals surface area contributed by atoms with E-state index in [1.165, 1.54) is 15.9 Å². The molecule has 3 N–H and O–H groups in total. The number of nitrogens with two attached hydrogens (primary N) is 1. The smallest absolute Gasteiger partial charge is 0.123 e. The zero-order valence-corrected chi connectivity index (χ0v) is 19.6. The van der Waals surface area contributed by atoms with Gasteiger partial charge < -0.3 is 15.6 Å². The van der Waals surface area contributed by atoms with Crippen LogP contribution in [0.15, 0.2) is 115 Å². The lowest BCUT2D eigenvalue weighted by Crippen LogP contribution is -2.38. The van der Waals surface area contributed by atoms with Gasteiger partial charge in [0.15, 0.2) is 0 Å². The fraction of sp³-hybridized carbons (Fsp3) is 0.172. The largest absolute Gasteiger partial charge is 0.490 e. The predicted molar refractivity (Wildman–Crippen MR) is 141 cm³/mol. The highest BCUT2D eigenvalue weighted by Crippen LogP contribution is 2.55. The van der Waals surface area contributed by atoms with E-state index in [-0.39, 0.29) is 6.61 Å². The van der Waals surface area contributed by atoms with Crippen LogP contribution in [0.4, 0.5) is 0 Å². The zero-order chi connectivity index (χ0) is 22.9. The van der Waals surface area contributed by atoms with Crippen LogP contribution in [0.3, 0.4) is 0 Å². The van der Waals surface area contributed by atoms with E-state index in [0.717, 1.165) is 17.7 Å². The molecule has 0 saturated carbocycles. The van der Waals surface area contributed by atoms with Crippen LogP contribution < -0.4 is 26.4 Å². The number of aliphatic hydroxyl groups is 1. The first-order chi connectivity index (χ1) is 16.2. The first-order valence-electron chi connectivity index (χ1n) is 11.4. The Balaban J connectivity index is 1.70. The van der Waals surface area contributed by atoms with Crippen LogP contribution in [0, 0.1) is 0 Å². The molecule has 4 rings (SSSR count). The summed E-state index contributed by atoms with van der Waals surface area (Å²) in [7, 11) is -2.11. The molecule has 0 aromatic heterocycles. The van der Waals surface area contributed by atoms with Gasteiger partial charge in [-0.3, -0.25) is 0 Å². The van der Waals surface area contributed by atoms with Crippen molar-refractivity contribution >= 4 is 23.2 Å². The number of hydrogen-bond donors (Lipinski definition) is 2. The van der Waals surface area contributed by atoms with E-state index in [1.807, 2.05) is 42.5 Å². The molecule has 0 bridgehead atoms. The molecule has 0 fully saturated rings. The average molecular weight is 457 g/mol. The summed E-state index contributed by atoms with van der Waals surface area (Å²) in [4.78, 5) is 0. The molecule has 0 aliphatic carbocycles. The molecule has 3 nitrogen and oxygen atoms in total. The molecule has 4 heteroatoms. The maximum atomic E-state index is 11.3. The number of rotatable bonds is 10. The topological polar surface area (TPSA) is 55.5 Å². The minimum absolute atomic E-state index is 0.232. The first kappa shape index (κ1) is 23.2. The summed E-state index contributed by atoms with van der Waals surface area (Å²) in [6.07, 6.45) is 0.718. The van der Waals surface area contributed by atoms with Gasteiger partial charge >= 0.3 is 0 Å². The van der Waals surface area contributed by atoms with Crippen molar-refractivity contribution in [1.82, 2.24) is 0 Å². The lowest BCUT2D eigenvalue weighted by Gasteiger charge is -2.29. The van der Waals surface area contributed by atoms with Gasteiger partial charge in [-0.05, 0) is 61.0 Å². The molecule has 1 atom stereocenters. The first-order valence-corrected chi connectivity index (χ1v) is 13.3. The number of hydrogen-bond acceptors (Lipinski definition) is 3. The highest BCUT2D eigenvalue weighted by atomic mass is 31.2. The minimum atomic E-state index is -2.11. The Kier molecular flexibility index (Phi) is 7.91. The van der Waals surface area contributed by atoms with Crippen LogP contribution in [0.1, 0.15) is 5.56 Å². The van der Waals surface area contributed by atoms with Gasteiger partial charge in [0.1, 0.15) is 47.8 Å². The van der Waals surface area contributed by atoms with Gasteiger partial charge in [0.2, 0.25) is 0 Å². The standard InChI is InChI=1S/C29H31NO2P/c30-21-20-24-12-10-11-19-29(24)32-22-25(31)23-33(26-13-4-1-5-14-26,27-15-6-2-7-16-27)28-17-8-3-9-18-28/h1-19,25,31H,20-23,30H2/q+1. The maximum absolute atomic E-state index is 11.3. The van der Waals surface area contributed by atoms with Gasteiger partial charge in [0, 0.05) is 0 Å². The molecule has 4 aromatic rings. The van der Waals surface area contributed by atoms with E-state index in [1.54, 1.807) is 0 Å². The van der Waals surface area contributed by atoms with Crippen molar-refractivity contribution in [3.63, 3.8) is 0 Å². The molecule has 0 spiro atoms. The summed E-state index contributed by atoms with van der Waals surface area (Å²) in [6.45, 7) is 0.795. The molecule has 0 aliphatic heterocycles. The third-order valence-electron chi connectivity index (χ3n) is 5.89. The number of para-hydroxylation sites is 1. The molecule has 4 aromatic carbocycles. The second-order valence-electron chi connectivity index (χ2n) is 8.11. The van der Waals surface area contributed by atoms with E-state index in [2.05, 4.69) is 72.8 Å². The van der Waals surface area contributed by atoms with Crippen LogP contribution in [0.2, 0.25) is 0 Å². The van der Waals surface area contributed by atoms with E-state index in [9.17, 15) is 5.11 Å². The Morgan fingerprint density at radius 2 is 1.12 bits per heavy atom. The Bertz CT molecular complexity index is 1020. The average Bonchev–Trinajstić information content (AvgIpc) is 2.88. The lowest BCUT2D eigenvalue weighted by atomic mass is 10.1. The molecule has 0 aliphatic rings. The van der Waals surface area contributed by atoms with Crippen LogP contribution in [-0.4, -0.2) is 30.5 Å². The zero-order valence-electron chi connectivity index (χ0n) is 18.8. The molecule has 33 heavy (non-hydrogen) atoms. The fourth-order valence-corrected chi connectivity index (χ4v) is 8.68. The summed E-state index contributed by atoms with van der Waals surface area (Å²) in [5, 5.41) is 15.1. The number of ether oxygens (including phenoxy) is 1. The van der Waals surface area contributed by atoms with Gasteiger partial charge in [0.25, 0.3) is 0 Å². The van der Waals surface area contributed by atoms with Crippen LogP contribution in [-0.2, 0) is 6.42 Å². The summed E-state index contributed by atoms with van der Waals surface area (Å²) in [5.41, 5.74) is 6.83. The SMILES string of the molecule is NCCc1ccccc1OCC(O)C[P+](c1ccccc1)(c1ccccc1)c1ccccc1. The van der Waals surface area contributed by atoms with Crippen molar-refractivity contribution in [3.05, 3.63) is 121 Å². The second kappa shape index (κ2) is 11.2. The molecule has 0 saturated heterocycles. The summed E-state index contributed by atoms with van der Waals surface area (Å²) in [5.74, 6) is 0.796. The van der Waals surface area contributed by atoms with Gasteiger partial charge in [-0.15, -0.1) is 0 Å². The summed E-state index contributed by atoms with van der Waals surface area (Å²) in [6, 6.07) is 39.7. The van der Waals surface area contributed by atoms with Gasteiger partial charge in [-0.2, -0.15) is 0 Å². The van der Waals surface area contributed by atoms with E-state index in [4.69, 9.17) is 10.5 Å². The van der Waals surface area contributed by atoms with E-state index < -0.39 is 13.4 Å². The monoisotopic (exact) mass is 456 g/mol. The van der Waals surface area contributed by atoms with Crippen molar-refractivity contribution in [2.75, 3.05) is 19.3 Å². The Labute approximate surface area is 197 Å². The van der Waals surface area contributed by atoms with E-state index in [0.29, 0.717) is 12.7 Å².